The zero-order valence-corrected chi connectivity index (χ0v) is 12.1. The van der Waals surface area contributed by atoms with Crippen molar-refractivity contribution in [2.45, 2.75) is 13.5 Å². The second-order valence-electron chi connectivity index (χ2n) is 4.54. The molecule has 1 aliphatic rings. The van der Waals surface area contributed by atoms with Gasteiger partial charge in [0.25, 0.3) is 0 Å². The van der Waals surface area contributed by atoms with E-state index in [9.17, 15) is 4.79 Å². The van der Waals surface area contributed by atoms with Crippen LogP contribution in [0.15, 0.2) is 12.1 Å². The average Bonchev–Trinajstić information content (AvgIpc) is 2.93. The fourth-order valence-corrected chi connectivity index (χ4v) is 1.91. The van der Waals surface area contributed by atoms with Crippen molar-refractivity contribution in [3.8, 4) is 17.2 Å². The number of methoxy groups -OCH3 is 1. The van der Waals surface area contributed by atoms with E-state index in [4.69, 9.17) is 14.2 Å². The van der Waals surface area contributed by atoms with Crippen molar-refractivity contribution in [2.24, 2.45) is 0 Å². The summed E-state index contributed by atoms with van der Waals surface area (Å²) >= 11 is 0. The highest BCUT2D eigenvalue weighted by atomic mass is 16.7. The molecule has 0 saturated carbocycles. The molecule has 1 aromatic rings. The topological polar surface area (TPSA) is 60.0 Å². The molecule has 1 aromatic carbocycles. The maximum absolute atomic E-state index is 11.7. The third-order valence-corrected chi connectivity index (χ3v) is 3.22. The monoisotopic (exact) mass is 280 g/mol. The molecule has 1 N–H and O–H groups in total. The average molecular weight is 280 g/mol. The Morgan fingerprint density at radius 3 is 2.95 bits per heavy atom. The summed E-state index contributed by atoms with van der Waals surface area (Å²) in [7, 11) is 3.38. The second-order valence-corrected chi connectivity index (χ2v) is 4.54. The van der Waals surface area contributed by atoms with Crippen LogP contribution in [0.2, 0.25) is 0 Å². The third kappa shape index (κ3) is 3.14. The van der Waals surface area contributed by atoms with Crippen molar-refractivity contribution < 1.29 is 19.0 Å². The molecule has 20 heavy (non-hydrogen) atoms. The Morgan fingerprint density at radius 1 is 1.45 bits per heavy atom. The van der Waals surface area contributed by atoms with Gasteiger partial charge in [0.15, 0.2) is 11.5 Å². The smallest absolute Gasteiger partial charge is 0.236 e. The molecule has 6 heteroatoms. The summed E-state index contributed by atoms with van der Waals surface area (Å²) in [5.41, 5.74) is 0.984. The van der Waals surface area contributed by atoms with Gasteiger partial charge in [-0.3, -0.25) is 4.79 Å². The Hall–Kier alpha value is -1.95. The fraction of sp³-hybridized carbons (Fsp3) is 0.500. The van der Waals surface area contributed by atoms with Crippen molar-refractivity contribution in [3.05, 3.63) is 17.7 Å². The Balaban J connectivity index is 1.95. The van der Waals surface area contributed by atoms with Gasteiger partial charge in [-0.15, -0.1) is 0 Å². The number of nitrogens with zero attached hydrogens (tertiary/aromatic N) is 1. The Morgan fingerprint density at radius 2 is 2.25 bits per heavy atom. The van der Waals surface area contributed by atoms with E-state index in [1.54, 1.807) is 19.1 Å². The lowest BCUT2D eigenvalue weighted by Crippen LogP contribution is -2.35. The van der Waals surface area contributed by atoms with Crippen molar-refractivity contribution in [2.75, 3.05) is 34.0 Å². The Bertz CT molecular complexity index is 490. The van der Waals surface area contributed by atoms with Gasteiger partial charge in [-0.05, 0) is 24.6 Å². The van der Waals surface area contributed by atoms with Crippen LogP contribution in [-0.4, -0.2) is 44.8 Å². The maximum Gasteiger partial charge on any atom is 0.236 e. The number of rotatable bonds is 6. The van der Waals surface area contributed by atoms with E-state index in [1.165, 1.54) is 0 Å². The fourth-order valence-electron chi connectivity index (χ4n) is 1.91. The predicted molar refractivity (Wildman–Crippen MR) is 74.1 cm³/mol. The van der Waals surface area contributed by atoms with Crippen LogP contribution in [0.1, 0.15) is 12.5 Å². The number of amides is 1. The largest absolute Gasteiger partial charge is 0.493 e. The van der Waals surface area contributed by atoms with Gasteiger partial charge in [-0.1, -0.05) is 0 Å². The van der Waals surface area contributed by atoms with Crippen LogP contribution in [0.4, 0.5) is 0 Å². The number of fused-ring (bicyclic) bond motifs is 1. The number of likely N-dealkylation sites (N-methyl/N-ethyl adjacent to an activating group) is 1. The van der Waals surface area contributed by atoms with Gasteiger partial charge in [0.2, 0.25) is 18.4 Å². The lowest BCUT2D eigenvalue weighted by molar-refractivity contribution is -0.128. The first kappa shape index (κ1) is 14.5. The van der Waals surface area contributed by atoms with Crippen LogP contribution in [0.3, 0.4) is 0 Å². The van der Waals surface area contributed by atoms with E-state index >= 15 is 0 Å². The molecule has 2 rings (SSSR count). The highest BCUT2D eigenvalue weighted by molar-refractivity contribution is 5.77. The zero-order chi connectivity index (χ0) is 14.5. The van der Waals surface area contributed by atoms with Crippen molar-refractivity contribution in [1.82, 2.24) is 10.2 Å². The van der Waals surface area contributed by atoms with Crippen LogP contribution in [0.5, 0.6) is 17.2 Å². The summed E-state index contributed by atoms with van der Waals surface area (Å²) in [5, 5.41) is 3.12. The highest BCUT2D eigenvalue weighted by Crippen LogP contribution is 2.41. The van der Waals surface area contributed by atoms with Gasteiger partial charge in [0, 0.05) is 20.1 Å². The van der Waals surface area contributed by atoms with Gasteiger partial charge in [-0.2, -0.15) is 0 Å². The SMILES string of the molecule is CCN(C)C(=O)CNCc1cc(OC)c2c(c1)OCO2. The van der Waals surface area contributed by atoms with Gasteiger partial charge >= 0.3 is 0 Å². The summed E-state index contributed by atoms with van der Waals surface area (Å²) in [4.78, 5) is 13.3. The molecule has 0 saturated heterocycles. The molecule has 1 aliphatic heterocycles. The number of hydrogen-bond donors (Lipinski definition) is 1. The number of carbonyl (C=O) groups is 1. The molecule has 0 unspecified atom stereocenters. The molecule has 1 heterocycles. The lowest BCUT2D eigenvalue weighted by atomic mass is 10.2. The van der Waals surface area contributed by atoms with E-state index in [-0.39, 0.29) is 12.7 Å². The normalized spacial score (nSPS) is 12.3. The van der Waals surface area contributed by atoms with Crippen LogP contribution in [-0.2, 0) is 11.3 Å². The highest BCUT2D eigenvalue weighted by Gasteiger charge is 2.20. The molecular weight excluding hydrogens is 260 g/mol. The predicted octanol–water partition coefficient (Wildman–Crippen LogP) is 0.992. The molecule has 6 nitrogen and oxygen atoms in total. The minimum atomic E-state index is 0.0696. The molecule has 0 radical (unpaired) electrons. The summed E-state index contributed by atoms with van der Waals surface area (Å²) in [6.45, 7) is 3.73. The Kier molecular flexibility index (Phi) is 4.68. The first-order valence-electron chi connectivity index (χ1n) is 6.57. The quantitative estimate of drug-likeness (QED) is 0.842. The summed E-state index contributed by atoms with van der Waals surface area (Å²) in [5.74, 6) is 2.03. The first-order chi connectivity index (χ1) is 9.65. The van der Waals surface area contributed by atoms with E-state index in [0.717, 1.165) is 5.56 Å². The van der Waals surface area contributed by atoms with Crippen LogP contribution >= 0.6 is 0 Å². The number of carbonyl (C=O) groups excluding carboxylic acids is 1. The number of nitrogens with one attached hydrogen (secondary N) is 1. The van der Waals surface area contributed by atoms with Gasteiger partial charge < -0.3 is 24.4 Å². The van der Waals surface area contributed by atoms with Crippen molar-refractivity contribution in [3.63, 3.8) is 0 Å². The minimum Gasteiger partial charge on any atom is -0.493 e. The van der Waals surface area contributed by atoms with E-state index < -0.39 is 0 Å². The van der Waals surface area contributed by atoms with Crippen LogP contribution < -0.4 is 19.5 Å². The molecule has 110 valence electrons. The van der Waals surface area contributed by atoms with E-state index in [2.05, 4.69) is 5.32 Å². The molecule has 1 amide bonds. The zero-order valence-electron chi connectivity index (χ0n) is 12.1. The van der Waals surface area contributed by atoms with Gasteiger partial charge in [0.1, 0.15) is 0 Å². The molecule has 0 aliphatic carbocycles. The van der Waals surface area contributed by atoms with Gasteiger partial charge in [-0.25, -0.2) is 0 Å². The lowest BCUT2D eigenvalue weighted by Gasteiger charge is -2.15. The van der Waals surface area contributed by atoms with Gasteiger partial charge in [0.05, 0.1) is 13.7 Å². The number of hydrogen-bond acceptors (Lipinski definition) is 5. The minimum absolute atomic E-state index is 0.0696. The van der Waals surface area contributed by atoms with Crippen LogP contribution in [0, 0.1) is 0 Å². The standard InChI is InChI=1S/C14H20N2O4/c1-4-16(2)13(17)8-15-7-10-5-11(18-3)14-12(6-10)19-9-20-14/h5-6,15H,4,7-9H2,1-3H3. The summed E-state index contributed by atoms with van der Waals surface area (Å²) < 4.78 is 16.0. The van der Waals surface area contributed by atoms with E-state index in [0.29, 0.717) is 36.9 Å². The third-order valence-electron chi connectivity index (χ3n) is 3.22. The molecule has 0 atom stereocenters. The molecular formula is C14H20N2O4. The molecule has 0 aromatic heterocycles. The maximum atomic E-state index is 11.7. The van der Waals surface area contributed by atoms with Crippen molar-refractivity contribution >= 4 is 5.91 Å². The number of benzene rings is 1. The first-order valence-corrected chi connectivity index (χ1v) is 6.57. The Labute approximate surface area is 118 Å². The number of ether oxygens (including phenoxy) is 3. The molecule has 0 spiro atoms. The van der Waals surface area contributed by atoms with E-state index in [1.807, 2.05) is 19.1 Å². The molecule has 0 bridgehead atoms. The van der Waals surface area contributed by atoms with Crippen LogP contribution in [0.25, 0.3) is 0 Å². The van der Waals surface area contributed by atoms with Crippen molar-refractivity contribution in [1.29, 1.82) is 0 Å². The summed E-state index contributed by atoms with van der Waals surface area (Å²) in [6, 6.07) is 3.78. The second kappa shape index (κ2) is 6.47. The summed E-state index contributed by atoms with van der Waals surface area (Å²) in [6.07, 6.45) is 0. The molecule has 0 fully saturated rings.